The highest BCUT2D eigenvalue weighted by atomic mass is 35.5. The number of nitrogens with one attached hydrogen (secondary N) is 1. The lowest BCUT2D eigenvalue weighted by Crippen LogP contribution is -2.09. The van der Waals surface area contributed by atoms with Gasteiger partial charge in [0.15, 0.2) is 0 Å². The molecule has 0 bridgehead atoms. The average Bonchev–Trinajstić information content (AvgIpc) is 2.33. The molecule has 18 heavy (non-hydrogen) atoms. The summed E-state index contributed by atoms with van der Waals surface area (Å²) in [6, 6.07) is 6.15. The summed E-state index contributed by atoms with van der Waals surface area (Å²) in [6.45, 7) is 3.27. The van der Waals surface area contributed by atoms with E-state index < -0.39 is 0 Å². The molecule has 1 aromatic rings. The Labute approximate surface area is 116 Å². The van der Waals surface area contributed by atoms with Gasteiger partial charge in [-0.1, -0.05) is 44.2 Å². The Morgan fingerprint density at radius 2 is 1.83 bits per heavy atom. The Kier molecular flexibility index (Phi) is 6.96. The number of hydrogen-bond donors (Lipinski definition) is 1. The topological polar surface area (TPSA) is 15.3 Å². The molecule has 0 spiro atoms. The average molecular weight is 269 g/mol. The third-order valence-corrected chi connectivity index (χ3v) is 3.34. The van der Waals surface area contributed by atoms with E-state index in [0.29, 0.717) is 0 Å². The summed E-state index contributed by atoms with van der Waals surface area (Å²) >= 11 is 6.22. The van der Waals surface area contributed by atoms with Gasteiger partial charge in [-0.25, -0.2) is 0 Å². The van der Waals surface area contributed by atoms with Crippen molar-refractivity contribution in [2.45, 2.75) is 39.0 Å². The number of unbranched alkanes of at least 4 members (excludes halogenated alkanes) is 4. The van der Waals surface area contributed by atoms with E-state index in [2.05, 4.69) is 24.4 Å². The second-order valence-electron chi connectivity index (χ2n) is 4.90. The van der Waals surface area contributed by atoms with E-state index in [1.54, 1.807) is 0 Å². The number of nitrogens with zero attached hydrogens (tertiary/aromatic N) is 1. The van der Waals surface area contributed by atoms with E-state index in [9.17, 15) is 0 Å². The number of hydrogen-bond acceptors (Lipinski definition) is 2. The van der Waals surface area contributed by atoms with Gasteiger partial charge in [0.05, 0.1) is 10.7 Å². The van der Waals surface area contributed by atoms with Crippen LogP contribution in [-0.2, 0) is 0 Å². The van der Waals surface area contributed by atoms with E-state index in [-0.39, 0.29) is 0 Å². The van der Waals surface area contributed by atoms with Crippen molar-refractivity contribution < 1.29 is 0 Å². The van der Waals surface area contributed by atoms with Crippen molar-refractivity contribution in [2.24, 2.45) is 0 Å². The second-order valence-corrected chi connectivity index (χ2v) is 5.31. The number of halogens is 1. The van der Waals surface area contributed by atoms with Crippen molar-refractivity contribution in [3.8, 4) is 0 Å². The Morgan fingerprint density at radius 1 is 1.11 bits per heavy atom. The van der Waals surface area contributed by atoms with Gasteiger partial charge in [-0.3, -0.25) is 0 Å². The van der Waals surface area contributed by atoms with E-state index >= 15 is 0 Å². The summed E-state index contributed by atoms with van der Waals surface area (Å²) in [7, 11) is 4.00. The Balaban J connectivity index is 2.33. The van der Waals surface area contributed by atoms with Gasteiger partial charge in [-0.2, -0.15) is 0 Å². The maximum absolute atomic E-state index is 6.22. The second kappa shape index (κ2) is 8.25. The minimum Gasteiger partial charge on any atom is -0.385 e. The Hall–Kier alpha value is -0.890. The molecule has 0 atom stereocenters. The maximum atomic E-state index is 6.22. The zero-order valence-corrected chi connectivity index (χ0v) is 12.6. The molecular weight excluding hydrogens is 244 g/mol. The molecule has 1 aromatic carbocycles. The van der Waals surface area contributed by atoms with E-state index in [4.69, 9.17) is 11.6 Å². The molecule has 0 unspecified atom stereocenters. The van der Waals surface area contributed by atoms with Crippen LogP contribution in [0.2, 0.25) is 5.02 Å². The lowest BCUT2D eigenvalue weighted by Gasteiger charge is -2.15. The maximum Gasteiger partial charge on any atom is 0.0659 e. The van der Waals surface area contributed by atoms with Crippen LogP contribution in [-0.4, -0.2) is 20.6 Å². The smallest absolute Gasteiger partial charge is 0.0659 e. The van der Waals surface area contributed by atoms with Gasteiger partial charge in [-0.05, 0) is 24.6 Å². The highest BCUT2D eigenvalue weighted by Crippen LogP contribution is 2.27. The molecule has 0 aliphatic heterocycles. The minimum absolute atomic E-state index is 0.802. The summed E-state index contributed by atoms with van der Waals surface area (Å²) in [5, 5.41) is 4.23. The van der Waals surface area contributed by atoms with Crippen molar-refractivity contribution in [3.63, 3.8) is 0 Å². The van der Waals surface area contributed by atoms with Gasteiger partial charge >= 0.3 is 0 Å². The highest BCUT2D eigenvalue weighted by Gasteiger charge is 2.03. The van der Waals surface area contributed by atoms with Gasteiger partial charge < -0.3 is 10.2 Å². The highest BCUT2D eigenvalue weighted by molar-refractivity contribution is 6.33. The SMILES string of the molecule is CCCCCCCNc1ccc(N(C)C)c(Cl)c1. The quantitative estimate of drug-likeness (QED) is 0.682. The van der Waals surface area contributed by atoms with Gasteiger partial charge in [0.25, 0.3) is 0 Å². The van der Waals surface area contributed by atoms with E-state index in [1.807, 2.05) is 25.1 Å². The first-order valence-corrected chi connectivity index (χ1v) is 7.23. The molecule has 0 heterocycles. The van der Waals surface area contributed by atoms with Crippen LogP contribution in [0.4, 0.5) is 11.4 Å². The van der Waals surface area contributed by atoms with Crippen LogP contribution in [0.15, 0.2) is 18.2 Å². The molecule has 0 amide bonds. The first kappa shape index (κ1) is 15.2. The fourth-order valence-corrected chi connectivity index (χ4v) is 2.29. The predicted molar refractivity (Wildman–Crippen MR) is 83.0 cm³/mol. The Morgan fingerprint density at radius 3 is 2.44 bits per heavy atom. The summed E-state index contributed by atoms with van der Waals surface area (Å²) in [5.41, 5.74) is 2.17. The largest absolute Gasteiger partial charge is 0.385 e. The zero-order valence-electron chi connectivity index (χ0n) is 11.8. The Bertz CT molecular complexity index is 350. The van der Waals surface area contributed by atoms with Gasteiger partial charge in [-0.15, -0.1) is 0 Å². The molecule has 0 fully saturated rings. The van der Waals surface area contributed by atoms with Crippen LogP contribution in [0.25, 0.3) is 0 Å². The summed E-state index contributed by atoms with van der Waals surface area (Å²) in [5.74, 6) is 0. The lowest BCUT2D eigenvalue weighted by atomic mass is 10.1. The molecule has 3 heteroatoms. The number of anilines is 2. The van der Waals surface area contributed by atoms with Crippen LogP contribution in [0, 0.1) is 0 Å². The van der Waals surface area contributed by atoms with Crippen molar-refractivity contribution in [1.82, 2.24) is 0 Å². The molecule has 0 saturated heterocycles. The molecule has 0 saturated carbocycles. The van der Waals surface area contributed by atoms with Crippen molar-refractivity contribution in [3.05, 3.63) is 23.2 Å². The monoisotopic (exact) mass is 268 g/mol. The predicted octanol–water partition coefficient (Wildman–Crippen LogP) is 4.79. The molecule has 0 radical (unpaired) electrons. The van der Waals surface area contributed by atoms with E-state index in [0.717, 1.165) is 22.9 Å². The van der Waals surface area contributed by atoms with E-state index in [1.165, 1.54) is 32.1 Å². The lowest BCUT2D eigenvalue weighted by molar-refractivity contribution is 0.645. The zero-order chi connectivity index (χ0) is 13.4. The van der Waals surface area contributed by atoms with Crippen molar-refractivity contribution in [2.75, 3.05) is 30.9 Å². The fraction of sp³-hybridized carbons (Fsp3) is 0.600. The third kappa shape index (κ3) is 5.18. The minimum atomic E-state index is 0.802. The number of rotatable bonds is 8. The van der Waals surface area contributed by atoms with Crippen molar-refractivity contribution >= 4 is 23.0 Å². The molecular formula is C15H25ClN2. The number of benzene rings is 1. The molecule has 0 aliphatic carbocycles. The summed E-state index contributed by atoms with van der Waals surface area (Å²) < 4.78 is 0. The van der Waals surface area contributed by atoms with Crippen LogP contribution in [0.1, 0.15) is 39.0 Å². The van der Waals surface area contributed by atoms with Crippen LogP contribution >= 0.6 is 11.6 Å². The van der Waals surface area contributed by atoms with Crippen LogP contribution in [0.3, 0.4) is 0 Å². The van der Waals surface area contributed by atoms with Crippen molar-refractivity contribution in [1.29, 1.82) is 0 Å². The standard InChI is InChI=1S/C15H25ClN2/c1-4-5-6-7-8-11-17-13-9-10-15(18(2)3)14(16)12-13/h9-10,12,17H,4-8,11H2,1-3H3. The third-order valence-electron chi connectivity index (χ3n) is 3.04. The normalized spacial score (nSPS) is 10.4. The van der Waals surface area contributed by atoms with Gasteiger partial charge in [0, 0.05) is 26.3 Å². The molecule has 0 aromatic heterocycles. The molecule has 1 N–H and O–H groups in total. The van der Waals surface area contributed by atoms with Crippen LogP contribution < -0.4 is 10.2 Å². The van der Waals surface area contributed by atoms with Gasteiger partial charge in [0.1, 0.15) is 0 Å². The molecule has 2 nitrogen and oxygen atoms in total. The first-order valence-electron chi connectivity index (χ1n) is 6.86. The van der Waals surface area contributed by atoms with Crippen LogP contribution in [0.5, 0.6) is 0 Å². The molecule has 102 valence electrons. The summed E-state index contributed by atoms with van der Waals surface area (Å²) in [6.07, 6.45) is 6.54. The van der Waals surface area contributed by atoms with Gasteiger partial charge in [0.2, 0.25) is 0 Å². The molecule has 0 aliphatic rings. The molecule has 1 rings (SSSR count). The summed E-state index contributed by atoms with van der Waals surface area (Å²) in [4.78, 5) is 2.02. The fourth-order valence-electron chi connectivity index (χ4n) is 1.94. The first-order chi connectivity index (χ1) is 8.65.